The van der Waals surface area contributed by atoms with Gasteiger partial charge in [0.15, 0.2) is 5.82 Å². The lowest BCUT2D eigenvalue weighted by Crippen LogP contribution is -2.20. The summed E-state index contributed by atoms with van der Waals surface area (Å²) in [4.78, 5) is 16.6. The Labute approximate surface area is 284 Å². The van der Waals surface area contributed by atoms with Gasteiger partial charge in [-0.1, -0.05) is 134 Å². The van der Waals surface area contributed by atoms with Gasteiger partial charge in [-0.05, 0) is 64.3 Å². The molecule has 2 aromatic heterocycles. The van der Waals surface area contributed by atoms with Crippen LogP contribution < -0.4 is 0 Å². The normalized spacial score (nSPS) is 16.6. The number of nitrogens with zero attached hydrogens (tertiary/aromatic N) is 3. The van der Waals surface area contributed by atoms with Gasteiger partial charge in [0.1, 0.15) is 5.01 Å². The number of rotatable bonds is 5. The molecule has 0 saturated carbocycles. The van der Waals surface area contributed by atoms with Crippen LogP contribution in [0.1, 0.15) is 29.5 Å². The van der Waals surface area contributed by atoms with E-state index in [-0.39, 0.29) is 5.41 Å². The fraction of sp³-hybridized carbons (Fsp3) is 0.0682. The Bertz CT molecular complexity index is 2440. The minimum atomic E-state index is -0.0590. The zero-order valence-electron chi connectivity index (χ0n) is 26.5. The number of aromatic nitrogens is 3. The van der Waals surface area contributed by atoms with Crippen LogP contribution in [0.25, 0.3) is 72.5 Å². The van der Waals surface area contributed by atoms with Crippen molar-refractivity contribution in [1.29, 1.82) is 0 Å². The first-order chi connectivity index (χ1) is 23.6. The number of hydrogen-bond donors (Lipinski definition) is 0. The second kappa shape index (κ2) is 11.5. The second-order valence-electron chi connectivity index (χ2n) is 12.7. The van der Waals surface area contributed by atoms with Crippen molar-refractivity contribution in [2.45, 2.75) is 13.3 Å². The minimum Gasteiger partial charge on any atom is -0.236 e. The first-order valence-electron chi connectivity index (χ1n) is 16.3. The molecule has 0 fully saturated rings. The molecular formula is C44H31N3S. The summed E-state index contributed by atoms with van der Waals surface area (Å²) in [7, 11) is 0. The van der Waals surface area contributed by atoms with E-state index >= 15 is 0 Å². The smallest absolute Gasteiger partial charge is 0.160 e. The second-order valence-corrected chi connectivity index (χ2v) is 13.7. The van der Waals surface area contributed by atoms with Crippen molar-refractivity contribution in [1.82, 2.24) is 15.0 Å². The van der Waals surface area contributed by atoms with E-state index in [1.165, 1.54) is 26.8 Å². The molecule has 0 aliphatic heterocycles. The highest BCUT2D eigenvalue weighted by molar-refractivity contribution is 7.16. The third-order valence-corrected chi connectivity index (χ3v) is 10.6. The van der Waals surface area contributed by atoms with Crippen molar-refractivity contribution in [2.24, 2.45) is 5.41 Å². The van der Waals surface area contributed by atoms with Gasteiger partial charge in [-0.25, -0.2) is 15.0 Å². The number of thiazole rings is 1. The highest BCUT2D eigenvalue weighted by Gasteiger charge is 2.35. The van der Waals surface area contributed by atoms with E-state index in [0.29, 0.717) is 5.82 Å². The van der Waals surface area contributed by atoms with Crippen LogP contribution in [0.4, 0.5) is 0 Å². The molecule has 0 bridgehead atoms. The predicted molar refractivity (Wildman–Crippen MR) is 201 cm³/mol. The maximum absolute atomic E-state index is 5.17. The Hall–Kier alpha value is -5.71. The molecule has 0 radical (unpaired) electrons. The lowest BCUT2D eigenvalue weighted by atomic mass is 9.71. The van der Waals surface area contributed by atoms with Gasteiger partial charge in [0, 0.05) is 27.7 Å². The Morgan fingerprint density at radius 2 is 1.27 bits per heavy atom. The molecule has 9 rings (SSSR count). The summed E-state index contributed by atoms with van der Waals surface area (Å²) in [6.45, 7) is 2.33. The van der Waals surface area contributed by atoms with Crippen molar-refractivity contribution in [2.75, 3.05) is 0 Å². The van der Waals surface area contributed by atoms with Gasteiger partial charge < -0.3 is 0 Å². The number of benzene rings is 5. The maximum atomic E-state index is 5.17. The average Bonchev–Trinajstić information content (AvgIpc) is 3.60. The first-order valence-corrected chi connectivity index (χ1v) is 17.1. The van der Waals surface area contributed by atoms with Crippen LogP contribution in [-0.2, 0) is 0 Å². The molecular weight excluding hydrogens is 603 g/mol. The molecule has 0 saturated heterocycles. The summed E-state index contributed by atoms with van der Waals surface area (Å²) in [5.74, 6) is 0.716. The summed E-state index contributed by atoms with van der Waals surface area (Å²) in [5.41, 5.74) is 10.8. The summed E-state index contributed by atoms with van der Waals surface area (Å²) >= 11 is 1.79. The van der Waals surface area contributed by atoms with Crippen LogP contribution in [0.5, 0.6) is 0 Å². The third kappa shape index (κ3) is 5.11. The fourth-order valence-corrected chi connectivity index (χ4v) is 7.98. The zero-order chi connectivity index (χ0) is 32.1. The van der Waals surface area contributed by atoms with Crippen molar-refractivity contribution in [3.05, 3.63) is 168 Å². The Morgan fingerprint density at radius 3 is 2.08 bits per heavy atom. The Balaban J connectivity index is 1.12. The molecule has 2 aliphatic rings. The quantitative estimate of drug-likeness (QED) is 0.189. The molecule has 2 aliphatic carbocycles. The molecule has 3 nitrogen and oxygen atoms in total. The molecule has 5 aromatic carbocycles. The summed E-state index contributed by atoms with van der Waals surface area (Å²) in [6, 6.07) is 46.6. The molecule has 7 aromatic rings. The Morgan fingerprint density at radius 1 is 0.583 bits per heavy atom. The van der Waals surface area contributed by atoms with Crippen molar-refractivity contribution in [3.8, 4) is 44.5 Å². The standard InChI is InChI=1S/C44H31N3S/c1-44-23-21-34(27-37(44)41-38(22-24-44)47-43(48-41)31-14-6-3-7-15-31)33-17-10-18-36(26-33)42-45-39(30-12-4-2-5-13-30)28-40(46-42)35-20-19-29-11-8-9-16-32(29)25-35/h2-22,24-28H,23H2,1H3. The maximum Gasteiger partial charge on any atom is 0.160 e. The van der Waals surface area contributed by atoms with Crippen LogP contribution >= 0.6 is 11.3 Å². The summed E-state index contributed by atoms with van der Waals surface area (Å²) in [6.07, 6.45) is 10.2. The number of fused-ring (bicyclic) bond motifs is 4. The SMILES string of the molecule is CC12C=Cc3nc(-c4ccccc4)sc3C1=CC(c1cccc(-c3nc(-c4ccccc4)cc(-c4ccc5ccccc5c4)n3)c1)=CC2. The molecule has 48 heavy (non-hydrogen) atoms. The van der Waals surface area contributed by atoms with E-state index in [1.54, 1.807) is 11.3 Å². The fourth-order valence-electron chi connectivity index (χ4n) is 6.77. The van der Waals surface area contributed by atoms with E-state index in [2.05, 4.69) is 159 Å². The van der Waals surface area contributed by atoms with Gasteiger partial charge in [0.05, 0.1) is 22.0 Å². The van der Waals surface area contributed by atoms with E-state index in [0.717, 1.165) is 56.3 Å². The number of hydrogen-bond acceptors (Lipinski definition) is 4. The van der Waals surface area contributed by atoms with Crippen LogP contribution in [0.2, 0.25) is 0 Å². The zero-order valence-corrected chi connectivity index (χ0v) is 27.3. The average molecular weight is 634 g/mol. The van der Waals surface area contributed by atoms with Crippen LogP contribution in [0.3, 0.4) is 0 Å². The minimum absolute atomic E-state index is 0.0590. The molecule has 1 atom stereocenters. The van der Waals surface area contributed by atoms with Crippen molar-refractivity contribution in [3.63, 3.8) is 0 Å². The van der Waals surface area contributed by atoms with Gasteiger partial charge in [-0.3, -0.25) is 0 Å². The lowest BCUT2D eigenvalue weighted by molar-refractivity contribution is 0.581. The van der Waals surface area contributed by atoms with E-state index in [4.69, 9.17) is 15.0 Å². The predicted octanol–water partition coefficient (Wildman–Crippen LogP) is 11.7. The van der Waals surface area contributed by atoms with Crippen LogP contribution in [0, 0.1) is 5.41 Å². The summed E-state index contributed by atoms with van der Waals surface area (Å²) < 4.78 is 0. The monoisotopic (exact) mass is 633 g/mol. The lowest BCUT2D eigenvalue weighted by Gasteiger charge is -2.34. The van der Waals surface area contributed by atoms with Crippen molar-refractivity contribution < 1.29 is 0 Å². The van der Waals surface area contributed by atoms with Crippen molar-refractivity contribution >= 4 is 39.3 Å². The molecule has 0 N–H and O–H groups in total. The molecule has 0 spiro atoms. The molecule has 0 amide bonds. The first kappa shape index (κ1) is 28.5. The van der Waals surface area contributed by atoms with Gasteiger partial charge >= 0.3 is 0 Å². The molecule has 2 heterocycles. The summed E-state index contributed by atoms with van der Waals surface area (Å²) in [5, 5.41) is 3.47. The molecule has 228 valence electrons. The highest BCUT2D eigenvalue weighted by Crippen LogP contribution is 2.51. The van der Waals surface area contributed by atoms with Gasteiger partial charge in [0.2, 0.25) is 0 Å². The van der Waals surface area contributed by atoms with E-state index in [1.807, 2.05) is 6.07 Å². The van der Waals surface area contributed by atoms with Gasteiger partial charge in [0.25, 0.3) is 0 Å². The Kier molecular flexibility index (Phi) is 6.84. The van der Waals surface area contributed by atoms with Crippen LogP contribution in [0.15, 0.2) is 152 Å². The van der Waals surface area contributed by atoms with Gasteiger partial charge in [-0.15, -0.1) is 11.3 Å². The topological polar surface area (TPSA) is 38.7 Å². The van der Waals surface area contributed by atoms with E-state index in [9.17, 15) is 0 Å². The molecule has 4 heteroatoms. The van der Waals surface area contributed by atoms with E-state index < -0.39 is 0 Å². The van der Waals surface area contributed by atoms with Gasteiger partial charge in [-0.2, -0.15) is 0 Å². The van der Waals surface area contributed by atoms with Crippen LogP contribution in [-0.4, -0.2) is 15.0 Å². The third-order valence-electron chi connectivity index (χ3n) is 9.48. The highest BCUT2D eigenvalue weighted by atomic mass is 32.1. The molecule has 1 unspecified atom stereocenters. The largest absolute Gasteiger partial charge is 0.236 e. The number of allylic oxidation sites excluding steroid dienone is 5.